The highest BCUT2D eigenvalue weighted by Gasteiger charge is 2.31. The van der Waals surface area contributed by atoms with Gasteiger partial charge in [0.05, 0.1) is 18.7 Å². The minimum atomic E-state index is -2.46. The second kappa shape index (κ2) is 5.97. The third kappa shape index (κ3) is 3.00. The van der Waals surface area contributed by atoms with Crippen molar-refractivity contribution in [2.45, 2.75) is 31.4 Å². The first-order valence-corrected chi connectivity index (χ1v) is 7.21. The average Bonchev–Trinajstić information content (AvgIpc) is 3.11. The van der Waals surface area contributed by atoms with E-state index in [-0.39, 0.29) is 17.7 Å². The van der Waals surface area contributed by atoms with Crippen LogP contribution >= 0.6 is 0 Å². The maximum atomic E-state index is 12.8. The number of ether oxygens (including phenoxy) is 1. The van der Waals surface area contributed by atoms with Crippen molar-refractivity contribution in [1.29, 1.82) is 0 Å². The van der Waals surface area contributed by atoms with Crippen molar-refractivity contribution in [3.05, 3.63) is 35.4 Å². The van der Waals surface area contributed by atoms with Crippen LogP contribution in [0.3, 0.4) is 0 Å². The third-order valence-corrected chi connectivity index (χ3v) is 4.07. The maximum absolute atomic E-state index is 12.8. The lowest BCUT2D eigenvalue weighted by atomic mass is 10.0. The summed E-state index contributed by atoms with van der Waals surface area (Å²) in [7, 11) is 0. The molecule has 2 atom stereocenters. The number of nitrogens with two attached hydrogens (primary N) is 1. The molecular weight excluding hydrogens is 276 g/mol. The highest BCUT2D eigenvalue weighted by Crippen LogP contribution is 2.30. The number of hydrogen-bond acceptors (Lipinski definition) is 4. The van der Waals surface area contributed by atoms with Crippen LogP contribution < -0.4 is 5.73 Å². The van der Waals surface area contributed by atoms with Crippen LogP contribution in [0.25, 0.3) is 0 Å². The van der Waals surface area contributed by atoms with Crippen LogP contribution in [0.5, 0.6) is 0 Å². The molecule has 0 radical (unpaired) electrons. The van der Waals surface area contributed by atoms with Crippen LogP contribution in [0.15, 0.2) is 29.3 Å². The molecule has 114 valence electrons. The van der Waals surface area contributed by atoms with Gasteiger partial charge in [-0.15, -0.1) is 0 Å². The first-order chi connectivity index (χ1) is 10.1. The third-order valence-electron chi connectivity index (χ3n) is 4.07. The Morgan fingerprint density at radius 2 is 2.29 bits per heavy atom. The predicted molar refractivity (Wildman–Crippen MR) is 76.3 cm³/mol. The van der Waals surface area contributed by atoms with Gasteiger partial charge in [0.25, 0.3) is 6.43 Å². The molecule has 2 unspecified atom stereocenters. The number of aliphatic imine (C=N–C) groups is 1. The molecule has 0 bridgehead atoms. The number of alkyl halides is 2. The van der Waals surface area contributed by atoms with Gasteiger partial charge < -0.3 is 15.4 Å². The van der Waals surface area contributed by atoms with Gasteiger partial charge in [-0.05, 0) is 24.5 Å². The van der Waals surface area contributed by atoms with Crippen LogP contribution in [0, 0.1) is 0 Å². The molecule has 0 spiro atoms. The molecule has 1 saturated heterocycles. The van der Waals surface area contributed by atoms with E-state index in [9.17, 15) is 8.78 Å². The van der Waals surface area contributed by atoms with Gasteiger partial charge in [0.2, 0.25) is 0 Å². The Kier molecular flexibility index (Phi) is 4.05. The topological polar surface area (TPSA) is 50.8 Å². The molecule has 6 heteroatoms. The number of guanidine groups is 1. The van der Waals surface area contributed by atoms with Gasteiger partial charge in [-0.3, -0.25) is 4.99 Å². The Balaban J connectivity index is 1.78. The minimum Gasteiger partial charge on any atom is -0.376 e. The summed E-state index contributed by atoms with van der Waals surface area (Å²) in [4.78, 5) is 6.24. The standard InChI is InChI=1S/C15H19F2N3O/c16-14(17)11-4-1-3-10(7-11)13-8-19-15(18)20(13)9-12-5-2-6-21-12/h1,3-4,7,12-14H,2,5-6,8-9H2,(H2,18,19). The Labute approximate surface area is 122 Å². The van der Waals surface area contributed by atoms with Gasteiger partial charge in [-0.25, -0.2) is 8.78 Å². The summed E-state index contributed by atoms with van der Waals surface area (Å²) < 4.78 is 31.3. The molecule has 2 aliphatic rings. The SMILES string of the molecule is NC1=NCC(c2cccc(C(F)F)c2)N1CC1CCCO1. The summed E-state index contributed by atoms with van der Waals surface area (Å²) >= 11 is 0. The van der Waals surface area contributed by atoms with Crippen LogP contribution in [0.2, 0.25) is 0 Å². The molecule has 21 heavy (non-hydrogen) atoms. The molecule has 1 aromatic rings. The summed E-state index contributed by atoms with van der Waals surface area (Å²) in [6.45, 7) is 1.95. The van der Waals surface area contributed by atoms with Crippen molar-refractivity contribution < 1.29 is 13.5 Å². The second-order valence-electron chi connectivity index (χ2n) is 5.47. The Bertz CT molecular complexity index is 529. The maximum Gasteiger partial charge on any atom is 0.263 e. The van der Waals surface area contributed by atoms with Gasteiger partial charge in [-0.2, -0.15) is 0 Å². The normalized spacial score (nSPS) is 25.7. The van der Waals surface area contributed by atoms with Crippen molar-refractivity contribution in [2.24, 2.45) is 10.7 Å². The molecule has 1 fully saturated rings. The molecule has 3 rings (SSSR count). The van der Waals surface area contributed by atoms with Crippen LogP contribution in [0.1, 0.15) is 36.4 Å². The molecule has 0 amide bonds. The van der Waals surface area contributed by atoms with Gasteiger partial charge in [0.15, 0.2) is 5.96 Å². The van der Waals surface area contributed by atoms with E-state index < -0.39 is 6.43 Å². The number of halogens is 2. The summed E-state index contributed by atoms with van der Waals surface area (Å²) in [5.41, 5.74) is 6.82. The monoisotopic (exact) mass is 295 g/mol. The first-order valence-electron chi connectivity index (χ1n) is 7.21. The molecule has 2 aliphatic heterocycles. The zero-order valence-electron chi connectivity index (χ0n) is 11.7. The summed E-state index contributed by atoms with van der Waals surface area (Å²) in [6, 6.07) is 6.43. The zero-order valence-corrected chi connectivity index (χ0v) is 11.7. The minimum absolute atomic E-state index is 0.0371. The molecule has 2 N–H and O–H groups in total. The summed E-state index contributed by atoms with van der Waals surface area (Å²) in [5.74, 6) is 0.470. The van der Waals surface area contributed by atoms with E-state index in [0.29, 0.717) is 19.0 Å². The predicted octanol–water partition coefficient (Wildman–Crippen LogP) is 2.47. The highest BCUT2D eigenvalue weighted by molar-refractivity contribution is 5.80. The van der Waals surface area contributed by atoms with Crippen LogP contribution in [-0.2, 0) is 4.74 Å². The van der Waals surface area contributed by atoms with Crippen molar-refractivity contribution in [1.82, 2.24) is 4.90 Å². The molecule has 4 nitrogen and oxygen atoms in total. The first kappa shape index (κ1) is 14.3. The summed E-state index contributed by atoms with van der Waals surface area (Å²) in [6.07, 6.45) is -0.247. The molecule has 0 aromatic heterocycles. The van der Waals surface area contributed by atoms with E-state index in [1.165, 1.54) is 6.07 Å². The molecule has 2 heterocycles. The van der Waals surface area contributed by atoms with Gasteiger partial charge in [0, 0.05) is 18.7 Å². The van der Waals surface area contributed by atoms with E-state index in [2.05, 4.69) is 4.99 Å². The molecule has 0 saturated carbocycles. The van der Waals surface area contributed by atoms with Crippen molar-refractivity contribution in [3.63, 3.8) is 0 Å². The fourth-order valence-corrected chi connectivity index (χ4v) is 2.94. The van der Waals surface area contributed by atoms with Crippen molar-refractivity contribution >= 4 is 5.96 Å². The lowest BCUT2D eigenvalue weighted by Crippen LogP contribution is -2.41. The fourth-order valence-electron chi connectivity index (χ4n) is 2.94. The number of benzene rings is 1. The zero-order chi connectivity index (χ0) is 14.8. The number of hydrogen-bond donors (Lipinski definition) is 1. The number of nitrogens with zero attached hydrogens (tertiary/aromatic N) is 2. The Hall–Kier alpha value is -1.69. The van der Waals surface area contributed by atoms with E-state index in [0.717, 1.165) is 25.0 Å². The van der Waals surface area contributed by atoms with Crippen molar-refractivity contribution in [2.75, 3.05) is 19.7 Å². The fraction of sp³-hybridized carbons (Fsp3) is 0.533. The van der Waals surface area contributed by atoms with Crippen molar-refractivity contribution in [3.8, 4) is 0 Å². The lowest BCUT2D eigenvalue weighted by Gasteiger charge is -2.29. The smallest absolute Gasteiger partial charge is 0.263 e. The highest BCUT2D eigenvalue weighted by atomic mass is 19.3. The Morgan fingerprint density at radius 1 is 1.43 bits per heavy atom. The molecule has 1 aromatic carbocycles. The quantitative estimate of drug-likeness (QED) is 0.928. The lowest BCUT2D eigenvalue weighted by molar-refractivity contribution is 0.0852. The number of rotatable bonds is 4. The Morgan fingerprint density at radius 3 is 3.00 bits per heavy atom. The van der Waals surface area contributed by atoms with Gasteiger partial charge >= 0.3 is 0 Å². The molecule has 0 aliphatic carbocycles. The summed E-state index contributed by atoms with van der Waals surface area (Å²) in [5, 5.41) is 0. The second-order valence-corrected chi connectivity index (χ2v) is 5.47. The van der Waals surface area contributed by atoms with E-state index >= 15 is 0 Å². The van der Waals surface area contributed by atoms with E-state index in [1.807, 2.05) is 11.0 Å². The van der Waals surface area contributed by atoms with Crippen LogP contribution in [0.4, 0.5) is 8.78 Å². The van der Waals surface area contributed by atoms with E-state index in [4.69, 9.17) is 10.5 Å². The molecular formula is C15H19F2N3O. The van der Waals surface area contributed by atoms with E-state index in [1.54, 1.807) is 12.1 Å². The largest absolute Gasteiger partial charge is 0.376 e. The average molecular weight is 295 g/mol. The van der Waals surface area contributed by atoms with Gasteiger partial charge in [-0.1, -0.05) is 18.2 Å². The van der Waals surface area contributed by atoms with Gasteiger partial charge in [0.1, 0.15) is 0 Å². The van der Waals surface area contributed by atoms with Crippen LogP contribution in [-0.4, -0.2) is 36.7 Å².